The van der Waals surface area contributed by atoms with Gasteiger partial charge in [-0.15, -0.1) is 0 Å². The zero-order valence-electron chi connectivity index (χ0n) is 24.4. The molecule has 0 bridgehead atoms. The van der Waals surface area contributed by atoms with E-state index < -0.39 is 0 Å². The third-order valence-corrected chi connectivity index (χ3v) is 8.69. The molecule has 0 radical (unpaired) electrons. The van der Waals surface area contributed by atoms with Crippen molar-refractivity contribution in [2.24, 2.45) is 0 Å². The number of imide groups is 1. The van der Waals surface area contributed by atoms with Crippen LogP contribution in [0.25, 0.3) is 54.6 Å². The minimum absolute atomic E-state index is 0.337. The van der Waals surface area contributed by atoms with Crippen molar-refractivity contribution in [1.82, 2.24) is 4.57 Å². The van der Waals surface area contributed by atoms with E-state index in [1.54, 1.807) is 6.07 Å². The number of para-hydroxylation sites is 2. The van der Waals surface area contributed by atoms with Gasteiger partial charge < -0.3 is 4.57 Å². The molecule has 0 atom stereocenters. The van der Waals surface area contributed by atoms with Gasteiger partial charge in [0.2, 0.25) is 0 Å². The van der Waals surface area contributed by atoms with Gasteiger partial charge in [0.25, 0.3) is 11.8 Å². The molecular weight excluding hydrogens is 554 g/mol. The van der Waals surface area contributed by atoms with Gasteiger partial charge >= 0.3 is 0 Å². The molecule has 0 spiro atoms. The number of carbonyl (C=O) groups is 2. The van der Waals surface area contributed by atoms with Gasteiger partial charge in [0.15, 0.2) is 5.69 Å². The Labute approximate surface area is 260 Å². The number of carbonyl (C=O) groups excluding carboxylic acids is 2. The van der Waals surface area contributed by atoms with Crippen LogP contribution in [0.1, 0.15) is 26.3 Å². The van der Waals surface area contributed by atoms with Crippen LogP contribution < -0.4 is 4.90 Å². The quantitative estimate of drug-likeness (QED) is 0.154. The fourth-order valence-corrected chi connectivity index (χ4v) is 6.63. The molecule has 1 aromatic heterocycles. The van der Waals surface area contributed by atoms with Crippen molar-refractivity contribution >= 4 is 45.0 Å². The number of aromatic nitrogens is 1. The lowest BCUT2D eigenvalue weighted by molar-refractivity contribution is 0.0926. The van der Waals surface area contributed by atoms with Gasteiger partial charge in [0.1, 0.15) is 0 Å². The first-order chi connectivity index (χ1) is 22.0. The molecule has 45 heavy (non-hydrogen) atoms. The van der Waals surface area contributed by atoms with E-state index in [2.05, 4.69) is 33.7 Å². The Morgan fingerprint density at radius 2 is 1.29 bits per heavy atom. The molecule has 1 aliphatic heterocycles. The van der Waals surface area contributed by atoms with Crippen molar-refractivity contribution in [2.45, 2.75) is 6.92 Å². The monoisotopic (exact) mass is 579 g/mol. The molecule has 0 N–H and O–H groups in total. The molecule has 0 saturated heterocycles. The van der Waals surface area contributed by atoms with E-state index in [9.17, 15) is 9.59 Å². The summed E-state index contributed by atoms with van der Waals surface area (Å²) in [6.07, 6.45) is 0. The van der Waals surface area contributed by atoms with Gasteiger partial charge in [-0.25, -0.2) is 9.74 Å². The van der Waals surface area contributed by atoms with Crippen LogP contribution >= 0.6 is 0 Å². The highest BCUT2D eigenvalue weighted by Crippen LogP contribution is 2.42. The lowest BCUT2D eigenvalue weighted by Crippen LogP contribution is -2.29. The van der Waals surface area contributed by atoms with Crippen molar-refractivity contribution in [3.05, 3.63) is 162 Å². The Morgan fingerprint density at radius 3 is 2.07 bits per heavy atom. The average molecular weight is 580 g/mol. The van der Waals surface area contributed by atoms with Crippen LogP contribution in [0.5, 0.6) is 0 Å². The van der Waals surface area contributed by atoms with Gasteiger partial charge in [0, 0.05) is 16.3 Å². The lowest BCUT2D eigenvalue weighted by atomic mass is 9.97. The van der Waals surface area contributed by atoms with Crippen LogP contribution in [-0.4, -0.2) is 16.4 Å². The van der Waals surface area contributed by atoms with E-state index in [1.807, 2.05) is 110 Å². The SMILES string of the molecule is [C-]#[N+]c1ccc(-c2cccc3c4ccccc4n(-c4cccc5c4C(=O)N(c4ccc(-c6ccccc6)cc4)C5=O)c23)c(C)c1. The minimum Gasteiger partial charge on any atom is -0.308 e. The first-order valence-corrected chi connectivity index (χ1v) is 14.7. The van der Waals surface area contributed by atoms with Crippen molar-refractivity contribution in [2.75, 3.05) is 4.90 Å². The van der Waals surface area contributed by atoms with Crippen LogP contribution in [0.3, 0.4) is 0 Å². The number of fused-ring (bicyclic) bond motifs is 4. The third-order valence-electron chi connectivity index (χ3n) is 8.69. The second-order valence-corrected chi connectivity index (χ2v) is 11.2. The molecule has 7 aromatic rings. The van der Waals surface area contributed by atoms with Crippen molar-refractivity contribution in [3.63, 3.8) is 0 Å². The number of rotatable bonds is 4. The maximum Gasteiger partial charge on any atom is 0.268 e. The van der Waals surface area contributed by atoms with Crippen LogP contribution in [-0.2, 0) is 0 Å². The molecule has 8 rings (SSSR count). The van der Waals surface area contributed by atoms with Crippen LogP contribution in [0.2, 0.25) is 0 Å². The number of nitrogens with zero attached hydrogens (tertiary/aromatic N) is 3. The van der Waals surface area contributed by atoms with Gasteiger partial charge in [-0.2, -0.15) is 0 Å². The second kappa shape index (κ2) is 10.2. The summed E-state index contributed by atoms with van der Waals surface area (Å²) in [5.74, 6) is -0.685. The fraction of sp³-hybridized carbons (Fsp3) is 0.0250. The van der Waals surface area contributed by atoms with E-state index in [0.717, 1.165) is 49.6 Å². The first kappa shape index (κ1) is 26.4. The lowest BCUT2D eigenvalue weighted by Gasteiger charge is -2.16. The summed E-state index contributed by atoms with van der Waals surface area (Å²) >= 11 is 0. The Morgan fingerprint density at radius 1 is 0.600 bits per heavy atom. The molecular formula is C40H25N3O2. The summed E-state index contributed by atoms with van der Waals surface area (Å²) in [5.41, 5.74) is 9.47. The van der Waals surface area contributed by atoms with E-state index in [4.69, 9.17) is 6.57 Å². The number of anilines is 1. The second-order valence-electron chi connectivity index (χ2n) is 11.2. The van der Waals surface area contributed by atoms with Crippen LogP contribution in [0, 0.1) is 13.5 Å². The van der Waals surface area contributed by atoms with Crippen molar-refractivity contribution < 1.29 is 9.59 Å². The van der Waals surface area contributed by atoms with Gasteiger partial charge in [-0.05, 0) is 53.9 Å². The zero-order chi connectivity index (χ0) is 30.7. The number of hydrogen-bond donors (Lipinski definition) is 0. The van der Waals surface area contributed by atoms with E-state index in [0.29, 0.717) is 28.2 Å². The summed E-state index contributed by atoms with van der Waals surface area (Å²) in [6.45, 7) is 9.47. The molecule has 2 amide bonds. The summed E-state index contributed by atoms with van der Waals surface area (Å²) in [4.78, 5) is 33.1. The van der Waals surface area contributed by atoms with E-state index >= 15 is 0 Å². The van der Waals surface area contributed by atoms with Crippen LogP contribution in [0.15, 0.2) is 133 Å². The van der Waals surface area contributed by atoms with Crippen LogP contribution in [0.4, 0.5) is 11.4 Å². The fourth-order valence-electron chi connectivity index (χ4n) is 6.63. The number of aryl methyl sites for hydroxylation is 1. The highest BCUT2D eigenvalue weighted by molar-refractivity contribution is 6.36. The molecule has 0 unspecified atom stereocenters. The molecule has 2 heterocycles. The summed E-state index contributed by atoms with van der Waals surface area (Å²) in [5, 5.41) is 2.09. The molecule has 0 aliphatic carbocycles. The maximum absolute atomic E-state index is 14.3. The highest BCUT2D eigenvalue weighted by atomic mass is 16.2. The van der Waals surface area contributed by atoms with Crippen molar-refractivity contribution in [1.29, 1.82) is 0 Å². The predicted octanol–water partition coefficient (Wildman–Crippen LogP) is 9.78. The maximum atomic E-state index is 14.3. The summed E-state index contributed by atoms with van der Waals surface area (Å²) < 4.78 is 2.12. The molecule has 0 saturated carbocycles. The average Bonchev–Trinajstić information content (AvgIpc) is 3.56. The zero-order valence-corrected chi connectivity index (χ0v) is 24.4. The molecule has 5 heteroatoms. The first-order valence-electron chi connectivity index (χ1n) is 14.7. The Bertz CT molecular complexity index is 2380. The standard InChI is InChI=1S/C40H25N3O2/c1-25-24-28(41-2)20-23-30(25)32-13-8-14-33-31-12-6-7-16-35(31)43(38(32)33)36-17-9-15-34-37(36)40(45)42(39(34)44)29-21-18-27(19-22-29)26-10-4-3-5-11-26/h3-24H,1H3. The topological polar surface area (TPSA) is 46.7 Å². The molecule has 0 fully saturated rings. The van der Waals surface area contributed by atoms with Crippen molar-refractivity contribution in [3.8, 4) is 27.9 Å². The number of amides is 2. The summed E-state index contributed by atoms with van der Waals surface area (Å²) in [6, 6.07) is 43.1. The molecule has 5 nitrogen and oxygen atoms in total. The minimum atomic E-state index is -0.348. The van der Waals surface area contributed by atoms with Gasteiger partial charge in [-0.1, -0.05) is 109 Å². The van der Waals surface area contributed by atoms with Gasteiger partial charge in [-0.3, -0.25) is 9.59 Å². The molecule has 1 aliphatic rings. The molecule has 6 aromatic carbocycles. The Balaban J connectivity index is 1.33. The van der Waals surface area contributed by atoms with Gasteiger partial charge in [0.05, 0.1) is 40.1 Å². The largest absolute Gasteiger partial charge is 0.308 e. The third kappa shape index (κ3) is 4.01. The highest BCUT2D eigenvalue weighted by Gasteiger charge is 2.39. The Hall–Kier alpha value is -6.25. The number of hydrogen-bond acceptors (Lipinski definition) is 2. The smallest absolute Gasteiger partial charge is 0.268 e. The normalized spacial score (nSPS) is 12.6. The van der Waals surface area contributed by atoms with E-state index in [-0.39, 0.29) is 11.8 Å². The number of benzene rings is 6. The Kier molecular flexibility index (Phi) is 5.97. The predicted molar refractivity (Wildman–Crippen MR) is 180 cm³/mol. The summed E-state index contributed by atoms with van der Waals surface area (Å²) in [7, 11) is 0. The molecule has 212 valence electrons. The van der Waals surface area contributed by atoms with E-state index in [1.165, 1.54) is 4.90 Å².